The van der Waals surface area contributed by atoms with Gasteiger partial charge in [-0.05, 0) is 112 Å². The smallest absolute Gasteiger partial charge is 0.335 e. The van der Waals surface area contributed by atoms with Crippen LogP contribution in [-0.4, -0.2) is 65.7 Å². The predicted octanol–water partition coefficient (Wildman–Crippen LogP) is 5.39. The molecule has 0 unspecified atom stereocenters. The minimum atomic E-state index is -0.986. The van der Waals surface area contributed by atoms with Gasteiger partial charge in [-0.3, -0.25) is 9.78 Å². The fraction of sp³-hybridized carbons (Fsp3) is 0.424. The molecule has 1 aromatic heterocycles. The lowest BCUT2D eigenvalue weighted by molar-refractivity contribution is 0.0696. The Morgan fingerprint density at radius 1 is 1.07 bits per heavy atom. The summed E-state index contributed by atoms with van der Waals surface area (Å²) in [4.78, 5) is 33.6. The zero-order valence-electron chi connectivity index (χ0n) is 24.8. The van der Waals surface area contributed by atoms with Crippen LogP contribution in [0.5, 0.6) is 5.75 Å². The lowest BCUT2D eigenvalue weighted by Crippen LogP contribution is -2.48. The number of aromatic carboxylic acids is 1. The van der Waals surface area contributed by atoms with E-state index in [-0.39, 0.29) is 11.5 Å². The second kappa shape index (κ2) is 13.6. The van der Waals surface area contributed by atoms with Crippen LogP contribution in [0.3, 0.4) is 0 Å². The van der Waals surface area contributed by atoms with Crippen molar-refractivity contribution in [3.8, 4) is 5.75 Å². The van der Waals surface area contributed by atoms with E-state index in [1.807, 2.05) is 24.5 Å². The zero-order chi connectivity index (χ0) is 29.5. The van der Waals surface area contributed by atoms with Gasteiger partial charge in [0.1, 0.15) is 5.75 Å². The van der Waals surface area contributed by atoms with Crippen molar-refractivity contribution in [2.45, 2.75) is 65.6 Å². The summed E-state index contributed by atoms with van der Waals surface area (Å²) < 4.78 is 5.39. The van der Waals surface area contributed by atoms with Gasteiger partial charge in [0.25, 0.3) is 5.91 Å². The third kappa shape index (κ3) is 7.44. The fourth-order valence-electron chi connectivity index (χ4n) is 5.80. The molecule has 1 atom stereocenters. The Kier molecular flexibility index (Phi) is 10.00. The van der Waals surface area contributed by atoms with Crippen LogP contribution in [0.15, 0.2) is 54.9 Å². The Morgan fingerprint density at radius 3 is 2.32 bits per heavy atom. The molecule has 2 N–H and O–H groups in total. The number of carbonyl (C=O) groups is 2. The Bertz CT molecular complexity index is 1330. The van der Waals surface area contributed by atoms with E-state index in [1.54, 1.807) is 33.1 Å². The first-order valence-corrected chi connectivity index (χ1v) is 14.3. The van der Waals surface area contributed by atoms with Crippen molar-refractivity contribution in [3.05, 3.63) is 88.2 Å². The number of ether oxygens (including phenoxy) is 1. The number of methoxy groups -OCH3 is 1. The van der Waals surface area contributed by atoms with Gasteiger partial charge in [-0.2, -0.15) is 0 Å². The molecule has 1 fully saturated rings. The number of hydrogen-bond acceptors (Lipinski definition) is 6. The van der Waals surface area contributed by atoms with Gasteiger partial charge >= 0.3 is 5.97 Å². The van der Waals surface area contributed by atoms with Crippen molar-refractivity contribution >= 4 is 17.6 Å². The third-order valence-electron chi connectivity index (χ3n) is 8.31. The summed E-state index contributed by atoms with van der Waals surface area (Å²) >= 11 is 0. The molecule has 3 aromatic rings. The minimum Gasteiger partial charge on any atom is -0.497 e. The van der Waals surface area contributed by atoms with Gasteiger partial charge in [0.05, 0.1) is 12.7 Å². The highest BCUT2D eigenvalue weighted by atomic mass is 16.5. The molecule has 0 aliphatic carbocycles. The van der Waals surface area contributed by atoms with Gasteiger partial charge in [-0.1, -0.05) is 0 Å². The summed E-state index contributed by atoms with van der Waals surface area (Å²) in [7, 11) is 1.69. The Labute approximate surface area is 243 Å². The first-order valence-electron chi connectivity index (χ1n) is 14.3. The molecular formula is C33H42N4O4. The Morgan fingerprint density at radius 2 is 1.73 bits per heavy atom. The number of hydrogen-bond donors (Lipinski definition) is 2. The molecule has 0 saturated carbocycles. The number of aromatic nitrogens is 1. The molecule has 41 heavy (non-hydrogen) atoms. The number of aryl methyl sites for hydroxylation is 3. The van der Waals surface area contributed by atoms with Crippen molar-refractivity contribution in [2.75, 3.05) is 31.6 Å². The molecule has 4 rings (SSSR count). The van der Waals surface area contributed by atoms with Crippen LogP contribution in [-0.2, 0) is 6.54 Å². The molecule has 218 valence electrons. The summed E-state index contributed by atoms with van der Waals surface area (Å²) in [5, 5.41) is 12.3. The van der Waals surface area contributed by atoms with E-state index in [0.29, 0.717) is 35.3 Å². The normalized spacial score (nSPS) is 14.9. The van der Waals surface area contributed by atoms with Gasteiger partial charge in [-0.25, -0.2) is 4.79 Å². The molecule has 8 heteroatoms. The minimum absolute atomic E-state index is 0.149. The van der Waals surface area contributed by atoms with Crippen LogP contribution in [0.2, 0.25) is 0 Å². The second-order valence-electron chi connectivity index (χ2n) is 11.1. The molecule has 8 nitrogen and oxygen atoms in total. The molecule has 2 heterocycles. The van der Waals surface area contributed by atoms with Gasteiger partial charge < -0.3 is 25.0 Å². The number of amides is 1. The maximum Gasteiger partial charge on any atom is 0.335 e. The summed E-state index contributed by atoms with van der Waals surface area (Å²) in [5.74, 6) is -0.284. The molecule has 1 saturated heterocycles. The highest BCUT2D eigenvalue weighted by molar-refractivity contribution is 5.98. The van der Waals surface area contributed by atoms with Crippen molar-refractivity contribution in [3.63, 3.8) is 0 Å². The SMILES string of the molecule is COc1ccc(N(Cc2cnccc2C)C2CCN([C@H](C)CCNC(=O)c3c(C)cc(C(=O)O)cc3C)CC2)cc1. The maximum absolute atomic E-state index is 12.9. The second-order valence-corrected chi connectivity index (χ2v) is 11.1. The van der Waals surface area contributed by atoms with Gasteiger partial charge in [-0.15, -0.1) is 0 Å². The summed E-state index contributed by atoms with van der Waals surface area (Å²) in [6.45, 7) is 11.3. The summed E-state index contributed by atoms with van der Waals surface area (Å²) in [6, 6.07) is 14.2. The number of nitrogens with zero attached hydrogens (tertiary/aromatic N) is 3. The number of carboxylic acid groups (broad SMARTS) is 1. The van der Waals surface area contributed by atoms with Crippen molar-refractivity contribution < 1.29 is 19.4 Å². The Hall–Kier alpha value is -3.91. The molecule has 1 aliphatic rings. The molecule has 1 aliphatic heterocycles. The molecule has 0 spiro atoms. The number of benzene rings is 2. The Balaban J connectivity index is 1.34. The van der Waals surface area contributed by atoms with E-state index >= 15 is 0 Å². The summed E-state index contributed by atoms with van der Waals surface area (Å²) in [6.07, 6.45) is 6.77. The number of piperidine rings is 1. The van der Waals surface area contributed by atoms with E-state index in [0.717, 1.165) is 44.6 Å². The van der Waals surface area contributed by atoms with Crippen molar-refractivity contribution in [1.29, 1.82) is 0 Å². The van der Waals surface area contributed by atoms with E-state index in [4.69, 9.17) is 4.74 Å². The molecule has 0 bridgehead atoms. The van der Waals surface area contributed by atoms with Gasteiger partial charge in [0, 0.05) is 61.9 Å². The highest BCUT2D eigenvalue weighted by Crippen LogP contribution is 2.29. The first-order chi connectivity index (χ1) is 19.7. The summed E-state index contributed by atoms with van der Waals surface area (Å²) in [5.41, 5.74) is 5.79. The van der Waals surface area contributed by atoms with Gasteiger partial charge in [0.15, 0.2) is 0 Å². The lowest BCUT2D eigenvalue weighted by Gasteiger charge is -2.42. The number of rotatable bonds is 11. The van der Waals surface area contributed by atoms with Gasteiger partial charge in [0.2, 0.25) is 0 Å². The average molecular weight is 559 g/mol. The highest BCUT2D eigenvalue weighted by Gasteiger charge is 2.28. The van der Waals surface area contributed by atoms with Crippen LogP contribution in [0.4, 0.5) is 5.69 Å². The fourth-order valence-corrected chi connectivity index (χ4v) is 5.80. The van der Waals surface area contributed by atoms with Crippen LogP contribution in [0.1, 0.15) is 69.2 Å². The van der Waals surface area contributed by atoms with E-state index in [1.165, 1.54) is 16.8 Å². The largest absolute Gasteiger partial charge is 0.497 e. The molecule has 1 amide bonds. The van der Waals surface area contributed by atoms with Crippen LogP contribution in [0.25, 0.3) is 0 Å². The maximum atomic E-state index is 12.9. The third-order valence-corrected chi connectivity index (χ3v) is 8.31. The average Bonchev–Trinajstić information content (AvgIpc) is 2.96. The number of carboxylic acids is 1. The quantitative estimate of drug-likeness (QED) is 0.326. The van der Waals surface area contributed by atoms with Crippen molar-refractivity contribution in [1.82, 2.24) is 15.2 Å². The molecule has 0 radical (unpaired) electrons. The van der Waals surface area contributed by atoms with Crippen LogP contribution >= 0.6 is 0 Å². The van der Waals surface area contributed by atoms with Crippen LogP contribution in [0, 0.1) is 20.8 Å². The van der Waals surface area contributed by atoms with E-state index in [2.05, 4.69) is 52.1 Å². The number of likely N-dealkylation sites (tertiary alicyclic amines) is 1. The lowest BCUT2D eigenvalue weighted by atomic mass is 9.98. The van der Waals surface area contributed by atoms with Crippen LogP contribution < -0.4 is 15.0 Å². The van der Waals surface area contributed by atoms with E-state index in [9.17, 15) is 14.7 Å². The number of nitrogens with one attached hydrogen (secondary N) is 1. The van der Waals surface area contributed by atoms with E-state index < -0.39 is 5.97 Å². The monoisotopic (exact) mass is 558 g/mol. The number of pyridine rings is 1. The first kappa shape index (κ1) is 30.1. The zero-order valence-corrected chi connectivity index (χ0v) is 24.8. The molecule has 2 aromatic carbocycles. The predicted molar refractivity (Wildman–Crippen MR) is 162 cm³/mol. The molecular weight excluding hydrogens is 516 g/mol. The standard InChI is InChI=1S/C33H42N4O4/c1-22-10-14-34-20-27(22)21-37(28-6-8-30(41-5)9-7-28)29-12-16-36(17-13-29)25(4)11-15-35-32(38)31-23(2)18-26(33(39)40)19-24(31)3/h6-10,14,18-20,25,29H,11-13,15-17,21H2,1-5H3,(H,35,38)(H,39,40)/t25-/m1/s1. The topological polar surface area (TPSA) is 95.0 Å². The van der Waals surface area contributed by atoms with Crippen molar-refractivity contribution in [2.24, 2.45) is 0 Å². The number of carbonyl (C=O) groups excluding carboxylic acids is 1. The number of anilines is 1.